The van der Waals surface area contributed by atoms with Gasteiger partial charge in [0.15, 0.2) is 11.6 Å². The summed E-state index contributed by atoms with van der Waals surface area (Å²) in [6, 6.07) is 7.51. The Bertz CT molecular complexity index is 577. The number of hydrogen-bond acceptors (Lipinski definition) is 1. The third-order valence-corrected chi connectivity index (χ3v) is 2.92. The minimum absolute atomic E-state index is 0.618. The Morgan fingerprint density at radius 1 is 0.941 bits per heavy atom. The van der Waals surface area contributed by atoms with Crippen LogP contribution in [0.25, 0.3) is 11.1 Å². The van der Waals surface area contributed by atoms with Gasteiger partial charge in [0.2, 0.25) is 0 Å². The molecule has 0 bridgehead atoms. The molecule has 88 valence electrons. The lowest BCUT2D eigenvalue weighted by atomic mass is 9.96. The number of nitrogen functional groups attached to an aromatic ring is 1. The topological polar surface area (TPSA) is 26.0 Å². The summed E-state index contributed by atoms with van der Waals surface area (Å²) in [6.45, 7) is 3.88. The number of benzene rings is 2. The van der Waals surface area contributed by atoms with Crippen LogP contribution in [0.5, 0.6) is 0 Å². The van der Waals surface area contributed by atoms with Gasteiger partial charge in [0.1, 0.15) is 0 Å². The van der Waals surface area contributed by atoms with Gasteiger partial charge in [0.05, 0.1) is 0 Å². The Morgan fingerprint density at radius 3 is 2.29 bits per heavy atom. The van der Waals surface area contributed by atoms with Gasteiger partial charge in [-0.3, -0.25) is 0 Å². The van der Waals surface area contributed by atoms with Crippen LogP contribution in [0.2, 0.25) is 0 Å². The lowest BCUT2D eigenvalue weighted by molar-refractivity contribution is 0.509. The molecule has 0 amide bonds. The van der Waals surface area contributed by atoms with Crippen molar-refractivity contribution >= 4 is 5.69 Å². The van der Waals surface area contributed by atoms with Gasteiger partial charge in [-0.25, -0.2) is 8.78 Å². The molecule has 0 unspecified atom stereocenters. The average molecular weight is 233 g/mol. The van der Waals surface area contributed by atoms with Gasteiger partial charge >= 0.3 is 0 Å². The fourth-order valence-corrected chi connectivity index (χ4v) is 1.85. The number of nitrogens with two attached hydrogens (primary N) is 1. The van der Waals surface area contributed by atoms with Crippen LogP contribution in [0, 0.1) is 25.5 Å². The minimum atomic E-state index is -0.845. The van der Waals surface area contributed by atoms with E-state index in [4.69, 9.17) is 5.73 Å². The zero-order chi connectivity index (χ0) is 12.6. The monoisotopic (exact) mass is 233 g/mol. The van der Waals surface area contributed by atoms with Crippen LogP contribution in [0.4, 0.5) is 14.5 Å². The van der Waals surface area contributed by atoms with Gasteiger partial charge in [-0.05, 0) is 60.4 Å². The molecule has 2 aromatic carbocycles. The van der Waals surface area contributed by atoms with Gasteiger partial charge in [-0.2, -0.15) is 0 Å². The van der Waals surface area contributed by atoms with Gasteiger partial charge in [-0.1, -0.05) is 6.07 Å². The molecular formula is C14H13F2N. The van der Waals surface area contributed by atoms with Gasteiger partial charge < -0.3 is 5.73 Å². The Kier molecular flexibility index (Phi) is 2.84. The largest absolute Gasteiger partial charge is 0.399 e. The second kappa shape index (κ2) is 4.17. The van der Waals surface area contributed by atoms with E-state index in [1.54, 1.807) is 12.1 Å². The highest BCUT2D eigenvalue weighted by molar-refractivity contribution is 5.72. The van der Waals surface area contributed by atoms with Crippen LogP contribution < -0.4 is 5.73 Å². The minimum Gasteiger partial charge on any atom is -0.399 e. The molecule has 0 aliphatic heterocycles. The smallest absolute Gasteiger partial charge is 0.159 e. The van der Waals surface area contributed by atoms with Crippen molar-refractivity contribution in [1.29, 1.82) is 0 Å². The highest BCUT2D eigenvalue weighted by atomic mass is 19.2. The van der Waals surface area contributed by atoms with Crippen molar-refractivity contribution in [1.82, 2.24) is 0 Å². The number of anilines is 1. The first-order chi connectivity index (χ1) is 7.99. The van der Waals surface area contributed by atoms with Crippen molar-refractivity contribution < 1.29 is 8.78 Å². The van der Waals surface area contributed by atoms with E-state index >= 15 is 0 Å². The molecule has 17 heavy (non-hydrogen) atoms. The fraction of sp³-hybridized carbons (Fsp3) is 0.143. The summed E-state index contributed by atoms with van der Waals surface area (Å²) in [4.78, 5) is 0. The quantitative estimate of drug-likeness (QED) is 0.744. The van der Waals surface area contributed by atoms with E-state index < -0.39 is 11.6 Å². The normalized spacial score (nSPS) is 10.6. The molecule has 2 N–H and O–H groups in total. The molecule has 0 fully saturated rings. The van der Waals surface area contributed by atoms with E-state index in [9.17, 15) is 8.78 Å². The highest BCUT2D eigenvalue weighted by Crippen LogP contribution is 2.29. The molecule has 2 rings (SSSR count). The molecule has 0 spiro atoms. The molecule has 0 atom stereocenters. The summed E-state index contributed by atoms with van der Waals surface area (Å²) in [7, 11) is 0. The van der Waals surface area contributed by atoms with Gasteiger partial charge in [0, 0.05) is 5.69 Å². The standard InChI is InChI=1S/C14H13F2N/c1-8-5-11(17)7-12(9(8)2)10-3-4-13(15)14(16)6-10/h3-7H,17H2,1-2H3. The molecule has 0 aliphatic carbocycles. The van der Waals surface area contributed by atoms with Crippen molar-refractivity contribution in [3.63, 3.8) is 0 Å². The number of rotatable bonds is 1. The Morgan fingerprint density at radius 2 is 1.65 bits per heavy atom. The first-order valence-electron chi connectivity index (χ1n) is 5.31. The van der Waals surface area contributed by atoms with Crippen LogP contribution >= 0.6 is 0 Å². The second-order valence-electron chi connectivity index (χ2n) is 4.14. The SMILES string of the molecule is Cc1cc(N)cc(-c2ccc(F)c(F)c2)c1C. The molecule has 0 aliphatic rings. The Hall–Kier alpha value is -1.90. The molecule has 1 nitrogen and oxygen atoms in total. The maximum absolute atomic E-state index is 13.2. The molecule has 3 heteroatoms. The third-order valence-electron chi connectivity index (χ3n) is 2.92. The Labute approximate surface area is 98.9 Å². The number of aryl methyl sites for hydroxylation is 1. The van der Waals surface area contributed by atoms with Crippen LogP contribution in [-0.2, 0) is 0 Å². The molecular weight excluding hydrogens is 220 g/mol. The molecule has 0 saturated carbocycles. The van der Waals surface area contributed by atoms with Crippen LogP contribution in [-0.4, -0.2) is 0 Å². The van der Waals surface area contributed by atoms with Crippen molar-refractivity contribution in [3.05, 3.63) is 53.1 Å². The summed E-state index contributed by atoms with van der Waals surface area (Å²) in [5.41, 5.74) is 9.91. The summed E-state index contributed by atoms with van der Waals surface area (Å²) >= 11 is 0. The summed E-state index contributed by atoms with van der Waals surface area (Å²) in [5.74, 6) is -1.69. The first-order valence-corrected chi connectivity index (χ1v) is 5.31. The first kappa shape index (κ1) is 11.6. The van der Waals surface area contributed by atoms with Crippen LogP contribution in [0.3, 0.4) is 0 Å². The number of hydrogen-bond donors (Lipinski definition) is 1. The highest BCUT2D eigenvalue weighted by Gasteiger charge is 2.08. The van der Waals surface area contributed by atoms with E-state index in [2.05, 4.69) is 0 Å². The molecule has 2 aromatic rings. The predicted octanol–water partition coefficient (Wildman–Crippen LogP) is 3.83. The van der Waals surface area contributed by atoms with E-state index in [0.29, 0.717) is 11.3 Å². The van der Waals surface area contributed by atoms with E-state index in [-0.39, 0.29) is 0 Å². The van der Waals surface area contributed by atoms with E-state index in [0.717, 1.165) is 22.8 Å². The van der Waals surface area contributed by atoms with Crippen molar-refractivity contribution in [2.45, 2.75) is 13.8 Å². The lowest BCUT2D eigenvalue weighted by Gasteiger charge is -2.10. The zero-order valence-corrected chi connectivity index (χ0v) is 9.72. The second-order valence-corrected chi connectivity index (χ2v) is 4.14. The van der Waals surface area contributed by atoms with Gasteiger partial charge in [0.25, 0.3) is 0 Å². The molecule has 0 radical (unpaired) electrons. The average Bonchev–Trinajstić information content (AvgIpc) is 2.27. The van der Waals surface area contributed by atoms with Crippen LogP contribution in [0.15, 0.2) is 30.3 Å². The Balaban J connectivity index is 2.64. The molecule has 0 aromatic heterocycles. The van der Waals surface area contributed by atoms with E-state index in [1.165, 1.54) is 6.07 Å². The summed E-state index contributed by atoms with van der Waals surface area (Å²) in [6.07, 6.45) is 0. The van der Waals surface area contributed by atoms with Crippen LogP contribution in [0.1, 0.15) is 11.1 Å². The summed E-state index contributed by atoms with van der Waals surface area (Å²) < 4.78 is 26.1. The zero-order valence-electron chi connectivity index (χ0n) is 9.72. The van der Waals surface area contributed by atoms with E-state index in [1.807, 2.05) is 19.9 Å². The van der Waals surface area contributed by atoms with Gasteiger partial charge in [-0.15, -0.1) is 0 Å². The maximum atomic E-state index is 13.2. The van der Waals surface area contributed by atoms with Crippen molar-refractivity contribution in [2.75, 3.05) is 5.73 Å². The molecule has 0 heterocycles. The summed E-state index contributed by atoms with van der Waals surface area (Å²) in [5, 5.41) is 0. The van der Waals surface area contributed by atoms with Crippen molar-refractivity contribution in [3.8, 4) is 11.1 Å². The maximum Gasteiger partial charge on any atom is 0.159 e. The van der Waals surface area contributed by atoms with Crippen molar-refractivity contribution in [2.24, 2.45) is 0 Å². The fourth-order valence-electron chi connectivity index (χ4n) is 1.85. The number of halogens is 2. The third kappa shape index (κ3) is 2.13. The lowest BCUT2D eigenvalue weighted by Crippen LogP contribution is -1.94. The molecule has 0 saturated heterocycles. The predicted molar refractivity (Wildman–Crippen MR) is 65.7 cm³/mol.